The fourth-order valence-electron chi connectivity index (χ4n) is 4.10. The van der Waals surface area contributed by atoms with Crippen LogP contribution in [0.3, 0.4) is 0 Å². The standard InChI is InChI=1S/C22H20N8O7S2/c1-2-24-22(35)37-27-12(15-26-21(23)36-28-15)16(31)25-13-17(32)30-14(20(33)34)11(9-39-19(13)30)8-29-6-3-4-10-5-7-38-18(10)29/h3-7,13,19H,2,8-9H2,1H3,(H4-,23,24,25,26,28,31,33,34,35)/t13?,19-/m1/s1. The number of carbonyl (C=O) groups excluding carboxylic acids is 4. The van der Waals surface area contributed by atoms with Gasteiger partial charge in [-0.1, -0.05) is 21.6 Å². The zero-order chi connectivity index (χ0) is 27.7. The number of carboxylic acid groups (broad SMARTS) is 1. The van der Waals surface area contributed by atoms with Gasteiger partial charge in [-0.3, -0.25) is 19.3 Å². The molecule has 1 unspecified atom stereocenters. The minimum Gasteiger partial charge on any atom is -0.543 e. The zero-order valence-corrected chi connectivity index (χ0v) is 21.8. The quantitative estimate of drug-likeness (QED) is 0.0950. The molecule has 1 saturated heterocycles. The molecule has 39 heavy (non-hydrogen) atoms. The Morgan fingerprint density at radius 3 is 2.92 bits per heavy atom. The lowest BCUT2D eigenvalue weighted by atomic mass is 10.0. The topological polar surface area (TPSA) is 209 Å². The predicted octanol–water partition coefficient (Wildman–Crippen LogP) is -1.29. The van der Waals surface area contributed by atoms with Gasteiger partial charge >= 0.3 is 12.1 Å². The number of β-lactam (4-membered cyclic amide) rings is 1. The van der Waals surface area contributed by atoms with Crippen molar-refractivity contribution in [3.05, 3.63) is 46.9 Å². The average Bonchev–Trinajstić information content (AvgIpc) is 3.56. The van der Waals surface area contributed by atoms with Gasteiger partial charge in [-0.2, -0.15) is 9.55 Å². The smallest absolute Gasteiger partial charge is 0.433 e. The Morgan fingerprint density at radius 1 is 1.38 bits per heavy atom. The van der Waals surface area contributed by atoms with Crippen LogP contribution in [-0.2, 0) is 25.8 Å². The van der Waals surface area contributed by atoms with E-state index in [1.54, 1.807) is 6.92 Å². The van der Waals surface area contributed by atoms with E-state index >= 15 is 0 Å². The van der Waals surface area contributed by atoms with Crippen molar-refractivity contribution in [3.8, 4) is 0 Å². The van der Waals surface area contributed by atoms with E-state index in [0.717, 1.165) is 15.1 Å². The molecule has 0 spiro atoms. The molecule has 0 aromatic carbocycles. The van der Waals surface area contributed by atoms with Crippen LogP contribution in [0.15, 0.2) is 50.7 Å². The van der Waals surface area contributed by atoms with Crippen molar-refractivity contribution in [2.24, 2.45) is 5.16 Å². The number of pyridine rings is 1. The number of carboxylic acids is 1. The Morgan fingerprint density at radius 2 is 2.21 bits per heavy atom. The minimum absolute atomic E-state index is 0.227. The van der Waals surface area contributed by atoms with Gasteiger partial charge in [0.1, 0.15) is 11.4 Å². The van der Waals surface area contributed by atoms with Gasteiger partial charge in [-0.25, -0.2) is 4.79 Å². The molecule has 3 amide bonds. The van der Waals surface area contributed by atoms with Crippen molar-refractivity contribution in [3.63, 3.8) is 0 Å². The van der Waals surface area contributed by atoms with E-state index in [1.165, 1.54) is 23.1 Å². The third-order valence-corrected chi connectivity index (χ3v) is 8.08. The molecule has 0 bridgehead atoms. The summed E-state index contributed by atoms with van der Waals surface area (Å²) in [6.45, 7) is 2.14. The second-order valence-corrected chi connectivity index (χ2v) is 10.2. The molecule has 5 rings (SSSR count). The number of rotatable bonds is 8. The number of hydrogen-bond donors (Lipinski definition) is 3. The monoisotopic (exact) mass is 572 g/mol. The molecule has 2 atom stereocenters. The Labute approximate surface area is 227 Å². The summed E-state index contributed by atoms with van der Waals surface area (Å²) in [5.74, 6) is -3.22. The highest BCUT2D eigenvalue weighted by atomic mass is 32.2. The Bertz CT molecular complexity index is 1550. The zero-order valence-electron chi connectivity index (χ0n) is 20.2. The van der Waals surface area contributed by atoms with Crippen molar-refractivity contribution < 1.29 is 38.2 Å². The summed E-state index contributed by atoms with van der Waals surface area (Å²) in [5.41, 5.74) is 5.12. The second-order valence-electron chi connectivity index (χ2n) is 8.22. The maximum atomic E-state index is 13.1. The lowest BCUT2D eigenvalue weighted by molar-refractivity contribution is -0.661. The Hall–Kier alpha value is -4.51. The number of hydrogen-bond acceptors (Lipinski definition) is 13. The van der Waals surface area contributed by atoms with Crippen LogP contribution >= 0.6 is 23.1 Å². The van der Waals surface area contributed by atoms with Crippen molar-refractivity contribution in [2.45, 2.75) is 24.9 Å². The van der Waals surface area contributed by atoms with Gasteiger partial charge in [0, 0.05) is 23.9 Å². The molecule has 2 aliphatic heterocycles. The molecule has 2 aliphatic rings. The number of nitrogen functional groups attached to an aromatic ring is 1. The summed E-state index contributed by atoms with van der Waals surface area (Å²) in [6.07, 6.45) is 0.894. The number of anilines is 1. The number of thioether (sulfide) groups is 1. The van der Waals surface area contributed by atoms with Crippen LogP contribution in [0.1, 0.15) is 12.7 Å². The van der Waals surface area contributed by atoms with E-state index in [2.05, 4.69) is 35.3 Å². The highest BCUT2D eigenvalue weighted by Gasteiger charge is 2.53. The first kappa shape index (κ1) is 26.1. The van der Waals surface area contributed by atoms with Crippen LogP contribution in [0, 0.1) is 0 Å². The number of nitrogens with zero attached hydrogens (tertiary/aromatic N) is 5. The number of nitrogens with two attached hydrogens (primary N) is 1. The molecule has 0 saturated carbocycles. The fourth-order valence-corrected chi connectivity index (χ4v) is 6.31. The Kier molecular flexibility index (Phi) is 7.16. The number of aliphatic carboxylic acids is 1. The van der Waals surface area contributed by atoms with Gasteiger partial charge < -0.3 is 30.8 Å². The highest BCUT2D eigenvalue weighted by molar-refractivity contribution is 8.00. The van der Waals surface area contributed by atoms with Gasteiger partial charge in [0.05, 0.1) is 17.1 Å². The van der Waals surface area contributed by atoms with E-state index < -0.39 is 41.0 Å². The SMILES string of the molecule is CCNC(=O)ON=C(C(=O)NC1C(=O)N2C(C(=O)[O-])=C(C[n+]3cccc4ccsc43)CS[C@H]12)c1noc(N)n1. The van der Waals surface area contributed by atoms with Crippen LogP contribution < -0.4 is 26.0 Å². The first-order chi connectivity index (χ1) is 18.8. The summed E-state index contributed by atoms with van der Waals surface area (Å²) in [6, 6.07) is 4.30. The van der Waals surface area contributed by atoms with Gasteiger partial charge in [0.25, 0.3) is 16.6 Å². The molecular formula is C22H20N8O7S2. The van der Waals surface area contributed by atoms with Crippen LogP contribution in [0.5, 0.6) is 0 Å². The number of aromatic nitrogens is 3. The normalized spacial score (nSPS) is 18.9. The van der Waals surface area contributed by atoms with Gasteiger partial charge in [0.2, 0.25) is 11.5 Å². The van der Waals surface area contributed by atoms with Crippen LogP contribution in [0.25, 0.3) is 10.2 Å². The second kappa shape index (κ2) is 10.7. The molecule has 4 N–H and O–H groups in total. The Balaban J connectivity index is 1.36. The molecule has 0 radical (unpaired) electrons. The number of nitrogens with one attached hydrogen (secondary N) is 2. The van der Waals surface area contributed by atoms with E-state index in [9.17, 15) is 24.3 Å². The summed E-state index contributed by atoms with van der Waals surface area (Å²) >= 11 is 2.80. The highest BCUT2D eigenvalue weighted by Crippen LogP contribution is 2.40. The van der Waals surface area contributed by atoms with Crippen LogP contribution in [0.2, 0.25) is 0 Å². The third kappa shape index (κ3) is 5.00. The maximum absolute atomic E-state index is 13.1. The first-order valence-corrected chi connectivity index (χ1v) is 13.4. The van der Waals surface area contributed by atoms with Gasteiger partial charge in [-0.05, 0) is 24.4 Å². The molecular weight excluding hydrogens is 552 g/mol. The number of amides is 3. The first-order valence-electron chi connectivity index (χ1n) is 11.5. The lowest BCUT2D eigenvalue weighted by Crippen LogP contribution is -2.71. The minimum atomic E-state index is -1.49. The van der Waals surface area contributed by atoms with E-state index in [0.29, 0.717) is 5.57 Å². The summed E-state index contributed by atoms with van der Waals surface area (Å²) in [7, 11) is 0. The summed E-state index contributed by atoms with van der Waals surface area (Å²) in [5, 5.41) is 26.2. The van der Waals surface area contributed by atoms with Crippen molar-refractivity contribution in [1.29, 1.82) is 0 Å². The molecule has 1 fully saturated rings. The van der Waals surface area contributed by atoms with E-state index in [-0.39, 0.29) is 36.4 Å². The van der Waals surface area contributed by atoms with Gasteiger partial charge in [-0.15, -0.1) is 11.8 Å². The number of fused-ring (bicyclic) bond motifs is 2. The van der Waals surface area contributed by atoms with E-state index in [4.69, 9.17) is 5.73 Å². The van der Waals surface area contributed by atoms with Crippen LogP contribution in [0.4, 0.5) is 10.8 Å². The maximum Gasteiger partial charge on any atom is 0.433 e. The summed E-state index contributed by atoms with van der Waals surface area (Å²) in [4.78, 5) is 60.4. The molecule has 3 aromatic heterocycles. The number of oxime groups is 1. The molecule has 5 heterocycles. The van der Waals surface area contributed by atoms with Crippen LogP contribution in [-0.4, -0.2) is 68.3 Å². The van der Waals surface area contributed by atoms with Gasteiger partial charge in [0.15, 0.2) is 12.7 Å². The average molecular weight is 573 g/mol. The lowest BCUT2D eigenvalue weighted by Gasteiger charge is -2.50. The fraction of sp³-hybridized carbons (Fsp3) is 0.273. The third-order valence-electron chi connectivity index (χ3n) is 5.77. The van der Waals surface area contributed by atoms with Crippen molar-refractivity contribution in [1.82, 2.24) is 25.7 Å². The molecule has 15 nitrogen and oxygen atoms in total. The molecule has 17 heteroatoms. The number of carbonyl (C=O) groups is 4. The molecule has 3 aromatic rings. The van der Waals surface area contributed by atoms with Crippen molar-refractivity contribution >= 4 is 68.9 Å². The molecule has 0 aliphatic carbocycles. The van der Waals surface area contributed by atoms with Crippen molar-refractivity contribution in [2.75, 3.05) is 18.0 Å². The van der Waals surface area contributed by atoms with E-state index in [1.807, 2.05) is 34.3 Å². The number of thiophene rings is 1. The molecule has 202 valence electrons. The summed E-state index contributed by atoms with van der Waals surface area (Å²) < 4.78 is 6.58. The largest absolute Gasteiger partial charge is 0.543 e. The predicted molar refractivity (Wildman–Crippen MR) is 134 cm³/mol.